The smallest absolute Gasteiger partial charge is 0.175 e. The molecule has 90 valence electrons. The number of hydrogen-bond acceptors (Lipinski definition) is 3. The second-order valence-electron chi connectivity index (χ2n) is 3.84. The standard InChI is InChI=1S/C12H10Cl2O3/c13-9-2-1-7(5-10(9)14)12(16)8-6-17-4-3-11(8)15/h1-2,5,8H,3-4,6H2. The fraction of sp³-hybridized carbons (Fsp3) is 0.333. The van der Waals surface area contributed by atoms with Gasteiger partial charge >= 0.3 is 0 Å². The van der Waals surface area contributed by atoms with E-state index < -0.39 is 5.92 Å². The van der Waals surface area contributed by atoms with Crippen LogP contribution in [0.2, 0.25) is 10.0 Å². The highest BCUT2D eigenvalue weighted by Gasteiger charge is 2.30. The van der Waals surface area contributed by atoms with Crippen molar-refractivity contribution in [3.63, 3.8) is 0 Å². The molecule has 0 bridgehead atoms. The van der Waals surface area contributed by atoms with Gasteiger partial charge in [0.1, 0.15) is 11.7 Å². The Bertz CT molecular complexity index is 471. The average molecular weight is 273 g/mol. The number of carbonyl (C=O) groups is 2. The Hall–Kier alpha value is -0.900. The van der Waals surface area contributed by atoms with Crippen LogP contribution < -0.4 is 0 Å². The summed E-state index contributed by atoms with van der Waals surface area (Å²) in [5, 5.41) is 0.691. The maximum atomic E-state index is 12.1. The van der Waals surface area contributed by atoms with Gasteiger partial charge in [0.2, 0.25) is 0 Å². The van der Waals surface area contributed by atoms with Gasteiger partial charge in [-0.05, 0) is 18.2 Å². The van der Waals surface area contributed by atoms with E-state index in [0.717, 1.165) is 0 Å². The van der Waals surface area contributed by atoms with E-state index in [-0.39, 0.29) is 24.6 Å². The van der Waals surface area contributed by atoms with Crippen LogP contribution in [0.25, 0.3) is 0 Å². The summed E-state index contributed by atoms with van der Waals surface area (Å²) in [6.07, 6.45) is 0.289. The van der Waals surface area contributed by atoms with Crippen molar-refractivity contribution in [1.82, 2.24) is 0 Å². The molecular formula is C12H10Cl2O3. The molecule has 1 aliphatic rings. The maximum Gasteiger partial charge on any atom is 0.175 e. The van der Waals surface area contributed by atoms with Crippen molar-refractivity contribution in [2.75, 3.05) is 13.2 Å². The average Bonchev–Trinajstić information content (AvgIpc) is 2.32. The summed E-state index contributed by atoms with van der Waals surface area (Å²) in [6, 6.07) is 4.60. The zero-order chi connectivity index (χ0) is 12.4. The molecule has 1 saturated heterocycles. The van der Waals surface area contributed by atoms with E-state index in [4.69, 9.17) is 27.9 Å². The van der Waals surface area contributed by atoms with Crippen molar-refractivity contribution in [1.29, 1.82) is 0 Å². The predicted molar refractivity (Wildman–Crippen MR) is 64.7 cm³/mol. The van der Waals surface area contributed by atoms with Crippen molar-refractivity contribution in [3.8, 4) is 0 Å². The number of ketones is 2. The van der Waals surface area contributed by atoms with Crippen LogP contribution in [0.1, 0.15) is 16.8 Å². The Morgan fingerprint density at radius 1 is 1.29 bits per heavy atom. The molecule has 1 atom stereocenters. The number of halogens is 2. The first-order valence-corrected chi connectivity index (χ1v) is 5.95. The van der Waals surface area contributed by atoms with Crippen molar-refractivity contribution in [3.05, 3.63) is 33.8 Å². The lowest BCUT2D eigenvalue weighted by Crippen LogP contribution is -2.33. The maximum absolute atomic E-state index is 12.1. The van der Waals surface area contributed by atoms with Crippen LogP contribution in [0.5, 0.6) is 0 Å². The van der Waals surface area contributed by atoms with E-state index in [1.807, 2.05) is 0 Å². The second kappa shape index (κ2) is 5.17. The zero-order valence-electron chi connectivity index (χ0n) is 8.91. The fourth-order valence-corrected chi connectivity index (χ4v) is 2.01. The van der Waals surface area contributed by atoms with Gasteiger partial charge < -0.3 is 4.74 Å². The van der Waals surface area contributed by atoms with Gasteiger partial charge in [0.05, 0.1) is 23.3 Å². The molecule has 0 amide bonds. The molecule has 1 aromatic carbocycles. The van der Waals surface area contributed by atoms with Gasteiger partial charge in [-0.1, -0.05) is 23.2 Å². The Kier molecular flexibility index (Phi) is 3.82. The molecule has 0 spiro atoms. The van der Waals surface area contributed by atoms with E-state index in [1.165, 1.54) is 6.07 Å². The molecule has 1 fully saturated rings. The number of hydrogen-bond donors (Lipinski definition) is 0. The summed E-state index contributed by atoms with van der Waals surface area (Å²) < 4.78 is 5.15. The van der Waals surface area contributed by atoms with Gasteiger partial charge in [0.25, 0.3) is 0 Å². The van der Waals surface area contributed by atoms with Crippen LogP contribution in [0.15, 0.2) is 18.2 Å². The van der Waals surface area contributed by atoms with Gasteiger partial charge in [0.15, 0.2) is 5.78 Å². The molecule has 0 aromatic heterocycles. The van der Waals surface area contributed by atoms with E-state index in [2.05, 4.69) is 0 Å². The van der Waals surface area contributed by atoms with Gasteiger partial charge in [-0.25, -0.2) is 0 Å². The van der Waals surface area contributed by atoms with E-state index in [9.17, 15) is 9.59 Å². The van der Waals surface area contributed by atoms with Crippen LogP contribution >= 0.6 is 23.2 Å². The summed E-state index contributed by atoms with van der Waals surface area (Å²) in [5.74, 6) is -1.04. The molecule has 1 unspecified atom stereocenters. The third-order valence-corrected chi connectivity index (χ3v) is 3.43. The quantitative estimate of drug-likeness (QED) is 0.614. The molecule has 3 nitrogen and oxygen atoms in total. The van der Waals surface area contributed by atoms with Crippen LogP contribution in [0.4, 0.5) is 0 Å². The SMILES string of the molecule is O=C1CCOCC1C(=O)c1ccc(Cl)c(Cl)c1. The largest absolute Gasteiger partial charge is 0.380 e. The first kappa shape index (κ1) is 12.6. The van der Waals surface area contributed by atoms with Crippen molar-refractivity contribution in [2.24, 2.45) is 5.92 Å². The first-order chi connectivity index (χ1) is 8.09. The topological polar surface area (TPSA) is 43.4 Å². The van der Waals surface area contributed by atoms with Crippen molar-refractivity contribution >= 4 is 34.8 Å². The lowest BCUT2D eigenvalue weighted by atomic mass is 9.91. The van der Waals surface area contributed by atoms with Gasteiger partial charge in [-0.15, -0.1) is 0 Å². The van der Waals surface area contributed by atoms with Gasteiger partial charge in [-0.2, -0.15) is 0 Å². The lowest BCUT2D eigenvalue weighted by Gasteiger charge is -2.19. The third kappa shape index (κ3) is 2.68. The minimum Gasteiger partial charge on any atom is -0.380 e. The highest BCUT2D eigenvalue weighted by molar-refractivity contribution is 6.42. The number of Topliss-reactive ketones (excluding diaryl/α,β-unsaturated/α-hetero) is 2. The van der Waals surface area contributed by atoms with E-state index in [1.54, 1.807) is 12.1 Å². The van der Waals surface area contributed by atoms with Crippen LogP contribution in [-0.2, 0) is 9.53 Å². The minimum absolute atomic E-state index is 0.0766. The summed E-state index contributed by atoms with van der Waals surface area (Å²) in [4.78, 5) is 23.7. The predicted octanol–water partition coefficient (Wildman–Crippen LogP) is 2.78. The first-order valence-electron chi connectivity index (χ1n) is 5.19. The second-order valence-corrected chi connectivity index (χ2v) is 4.65. The molecular weight excluding hydrogens is 263 g/mol. The normalized spacial score (nSPS) is 20.4. The third-order valence-electron chi connectivity index (χ3n) is 2.69. The molecule has 0 radical (unpaired) electrons. The Balaban J connectivity index is 2.24. The van der Waals surface area contributed by atoms with Crippen molar-refractivity contribution < 1.29 is 14.3 Å². The molecule has 0 N–H and O–H groups in total. The van der Waals surface area contributed by atoms with Gasteiger partial charge in [-0.3, -0.25) is 9.59 Å². The van der Waals surface area contributed by atoms with E-state index in [0.29, 0.717) is 22.2 Å². The highest BCUT2D eigenvalue weighted by Crippen LogP contribution is 2.25. The van der Waals surface area contributed by atoms with Gasteiger partial charge in [0, 0.05) is 12.0 Å². The van der Waals surface area contributed by atoms with Crippen LogP contribution in [0, 0.1) is 5.92 Å². The summed E-state index contributed by atoms with van der Waals surface area (Å²) >= 11 is 11.6. The highest BCUT2D eigenvalue weighted by atomic mass is 35.5. The summed E-state index contributed by atoms with van der Waals surface area (Å²) in [6.45, 7) is 0.544. The lowest BCUT2D eigenvalue weighted by molar-refractivity contribution is -0.128. The number of ether oxygens (including phenoxy) is 1. The Morgan fingerprint density at radius 2 is 2.06 bits per heavy atom. The molecule has 1 aromatic rings. The minimum atomic E-state index is -0.707. The number of rotatable bonds is 2. The Labute approximate surface area is 109 Å². The number of carbonyl (C=O) groups excluding carboxylic acids is 2. The van der Waals surface area contributed by atoms with Crippen LogP contribution in [-0.4, -0.2) is 24.8 Å². The number of benzene rings is 1. The molecule has 1 aliphatic heterocycles. The molecule has 0 saturated carbocycles. The van der Waals surface area contributed by atoms with Crippen LogP contribution in [0.3, 0.4) is 0 Å². The Morgan fingerprint density at radius 3 is 2.71 bits per heavy atom. The summed E-state index contributed by atoms with van der Waals surface area (Å²) in [5.41, 5.74) is 0.392. The van der Waals surface area contributed by atoms with E-state index >= 15 is 0 Å². The molecule has 2 rings (SSSR count). The molecule has 0 aliphatic carbocycles. The molecule has 1 heterocycles. The van der Waals surface area contributed by atoms with Crippen molar-refractivity contribution in [2.45, 2.75) is 6.42 Å². The zero-order valence-corrected chi connectivity index (χ0v) is 10.4. The molecule has 17 heavy (non-hydrogen) atoms. The fourth-order valence-electron chi connectivity index (χ4n) is 1.71. The monoisotopic (exact) mass is 272 g/mol. The summed E-state index contributed by atoms with van der Waals surface area (Å²) in [7, 11) is 0. The molecule has 5 heteroatoms.